The maximum Gasteiger partial charge on any atom is 0.396 e. The first-order valence-corrected chi connectivity index (χ1v) is 9.12. The van der Waals surface area contributed by atoms with Crippen LogP contribution in [0.25, 0.3) is 0 Å². The Hall–Kier alpha value is -1.30. The van der Waals surface area contributed by atoms with Crippen LogP contribution in [0.5, 0.6) is 0 Å². The number of esters is 1. The molecular weight excluding hydrogens is 374 g/mol. The van der Waals surface area contributed by atoms with E-state index in [1.54, 1.807) is 21.3 Å². The van der Waals surface area contributed by atoms with Gasteiger partial charge in [-0.05, 0) is 0 Å². The van der Waals surface area contributed by atoms with Crippen LogP contribution in [-0.4, -0.2) is 90.5 Å². The highest BCUT2D eigenvalue weighted by Gasteiger charge is 2.56. The maximum absolute atomic E-state index is 12.0. The second kappa shape index (κ2) is 9.95. The molecule has 0 saturated carbocycles. The third-order valence-corrected chi connectivity index (χ3v) is 5.37. The standard InChI is InChI=1S/C18H31NO9/c1-18(2)11(7-10(23-4)8-22-3)28-13-12(14(18)24-5)26-9-27-16(13)19-15(20)17(21)25-6/h10-14,16H,7-9H2,1-6H3,(H,19,20)/t10-,11-,12+,13+,14-,16?/m1/s1. The van der Waals surface area contributed by atoms with Gasteiger partial charge < -0.3 is 38.5 Å². The molecular formula is C18H31NO9. The molecule has 2 fully saturated rings. The molecule has 2 rings (SSSR count). The highest BCUT2D eigenvalue weighted by Crippen LogP contribution is 2.43. The van der Waals surface area contributed by atoms with E-state index < -0.39 is 35.7 Å². The molecule has 162 valence electrons. The summed E-state index contributed by atoms with van der Waals surface area (Å²) < 4.78 is 38.5. The quantitative estimate of drug-likeness (QED) is 0.456. The molecule has 0 aliphatic carbocycles. The van der Waals surface area contributed by atoms with Crippen LogP contribution in [0.4, 0.5) is 0 Å². The monoisotopic (exact) mass is 405 g/mol. The molecule has 10 nitrogen and oxygen atoms in total. The minimum atomic E-state index is -1.01. The largest absolute Gasteiger partial charge is 0.462 e. The van der Waals surface area contributed by atoms with E-state index in [1.165, 1.54) is 0 Å². The number of fused-ring (bicyclic) bond motifs is 1. The summed E-state index contributed by atoms with van der Waals surface area (Å²) in [7, 11) is 5.96. The lowest BCUT2D eigenvalue weighted by Crippen LogP contribution is -2.68. The molecule has 1 N–H and O–H groups in total. The summed E-state index contributed by atoms with van der Waals surface area (Å²) in [6.45, 7) is 4.40. The van der Waals surface area contributed by atoms with Crippen LogP contribution in [0.1, 0.15) is 20.3 Å². The van der Waals surface area contributed by atoms with E-state index in [-0.39, 0.29) is 25.1 Å². The summed E-state index contributed by atoms with van der Waals surface area (Å²) >= 11 is 0. The third kappa shape index (κ3) is 4.81. The molecule has 0 spiro atoms. The zero-order chi connectivity index (χ0) is 20.9. The number of ether oxygens (including phenoxy) is 7. The van der Waals surface area contributed by atoms with Crippen LogP contribution in [0.3, 0.4) is 0 Å². The van der Waals surface area contributed by atoms with Gasteiger partial charge in [-0.1, -0.05) is 13.8 Å². The number of rotatable bonds is 7. The Morgan fingerprint density at radius 2 is 1.86 bits per heavy atom. The number of carbonyl (C=O) groups excluding carboxylic acids is 2. The van der Waals surface area contributed by atoms with Crippen LogP contribution in [0, 0.1) is 5.41 Å². The normalized spacial score (nSPS) is 32.9. The molecule has 0 radical (unpaired) electrons. The van der Waals surface area contributed by atoms with Gasteiger partial charge in [-0.3, -0.25) is 4.79 Å². The van der Waals surface area contributed by atoms with Gasteiger partial charge in [0.05, 0.1) is 32.0 Å². The second-order valence-electron chi connectivity index (χ2n) is 7.42. The van der Waals surface area contributed by atoms with E-state index in [9.17, 15) is 9.59 Å². The fourth-order valence-corrected chi connectivity index (χ4v) is 3.79. The third-order valence-electron chi connectivity index (χ3n) is 5.37. The Morgan fingerprint density at radius 1 is 1.14 bits per heavy atom. The minimum absolute atomic E-state index is 0.0678. The molecule has 2 heterocycles. The lowest BCUT2D eigenvalue weighted by Gasteiger charge is -2.54. The fraction of sp³-hybridized carbons (Fsp3) is 0.889. The van der Waals surface area contributed by atoms with Gasteiger partial charge in [-0.2, -0.15) is 0 Å². The topological polar surface area (TPSA) is 111 Å². The molecule has 0 aromatic carbocycles. The molecule has 0 aromatic heterocycles. The van der Waals surface area contributed by atoms with Gasteiger partial charge in [-0.25, -0.2) is 4.79 Å². The first-order valence-electron chi connectivity index (χ1n) is 9.12. The van der Waals surface area contributed by atoms with Crippen molar-refractivity contribution in [3.05, 3.63) is 0 Å². The molecule has 1 amide bonds. The van der Waals surface area contributed by atoms with Gasteiger partial charge in [-0.15, -0.1) is 0 Å². The molecule has 1 unspecified atom stereocenters. The van der Waals surface area contributed by atoms with Gasteiger partial charge in [0.25, 0.3) is 0 Å². The molecule has 2 aliphatic rings. The van der Waals surface area contributed by atoms with Gasteiger partial charge in [0.2, 0.25) is 0 Å². The number of methoxy groups -OCH3 is 4. The molecule has 0 aromatic rings. The Kier molecular flexibility index (Phi) is 8.17. The Morgan fingerprint density at radius 3 is 2.43 bits per heavy atom. The van der Waals surface area contributed by atoms with Crippen molar-refractivity contribution in [3.63, 3.8) is 0 Å². The van der Waals surface area contributed by atoms with Crippen LogP contribution in [0.15, 0.2) is 0 Å². The van der Waals surface area contributed by atoms with Crippen molar-refractivity contribution in [1.82, 2.24) is 5.32 Å². The molecule has 2 saturated heterocycles. The summed E-state index contributed by atoms with van der Waals surface area (Å²) in [4.78, 5) is 23.4. The Labute approximate surface area is 165 Å². The first kappa shape index (κ1) is 23.0. The smallest absolute Gasteiger partial charge is 0.396 e. The zero-order valence-electron chi connectivity index (χ0n) is 17.3. The predicted molar refractivity (Wildman–Crippen MR) is 95.3 cm³/mol. The van der Waals surface area contributed by atoms with Crippen LogP contribution >= 0.6 is 0 Å². The number of nitrogens with one attached hydrogen (secondary N) is 1. The SMILES string of the molecule is COC[C@@H](C[C@H]1O[C@@H]2C(NC(=O)C(=O)OC)OCO[C@@H]2[C@@H](OC)C1(C)C)OC. The van der Waals surface area contributed by atoms with Crippen molar-refractivity contribution in [3.8, 4) is 0 Å². The van der Waals surface area contributed by atoms with Crippen LogP contribution < -0.4 is 5.32 Å². The predicted octanol–water partition coefficient (Wildman–Crippen LogP) is -0.165. The molecule has 0 bridgehead atoms. The van der Waals surface area contributed by atoms with Crippen LogP contribution in [-0.2, 0) is 42.7 Å². The van der Waals surface area contributed by atoms with Crippen molar-refractivity contribution in [2.45, 2.75) is 57.0 Å². The van der Waals surface area contributed by atoms with E-state index in [4.69, 9.17) is 28.4 Å². The van der Waals surface area contributed by atoms with Crippen molar-refractivity contribution in [2.75, 3.05) is 41.8 Å². The lowest BCUT2D eigenvalue weighted by atomic mass is 9.72. The number of carbonyl (C=O) groups is 2. The summed E-state index contributed by atoms with van der Waals surface area (Å²) in [5.74, 6) is -1.93. The van der Waals surface area contributed by atoms with Gasteiger partial charge in [0.15, 0.2) is 6.23 Å². The Bertz CT molecular complexity index is 541. The van der Waals surface area contributed by atoms with Gasteiger partial charge >= 0.3 is 11.9 Å². The summed E-state index contributed by atoms with van der Waals surface area (Å²) in [5.41, 5.74) is -0.422. The van der Waals surface area contributed by atoms with Crippen LogP contribution in [0.2, 0.25) is 0 Å². The highest BCUT2D eigenvalue weighted by molar-refractivity contribution is 6.32. The van der Waals surface area contributed by atoms with Crippen molar-refractivity contribution in [2.24, 2.45) is 5.41 Å². The maximum atomic E-state index is 12.0. The van der Waals surface area contributed by atoms with E-state index in [2.05, 4.69) is 10.1 Å². The highest BCUT2D eigenvalue weighted by atomic mass is 16.7. The number of amides is 1. The van der Waals surface area contributed by atoms with Gasteiger partial charge in [0.1, 0.15) is 19.0 Å². The molecule has 6 atom stereocenters. The van der Waals surface area contributed by atoms with Gasteiger partial charge in [0, 0.05) is 33.2 Å². The van der Waals surface area contributed by atoms with Crippen molar-refractivity contribution >= 4 is 11.9 Å². The lowest BCUT2D eigenvalue weighted by molar-refractivity contribution is -0.331. The fourth-order valence-electron chi connectivity index (χ4n) is 3.79. The minimum Gasteiger partial charge on any atom is -0.462 e. The molecule has 10 heteroatoms. The first-order chi connectivity index (χ1) is 13.3. The molecule has 28 heavy (non-hydrogen) atoms. The summed E-state index contributed by atoms with van der Waals surface area (Å²) in [6, 6.07) is 0. The summed E-state index contributed by atoms with van der Waals surface area (Å²) in [5, 5.41) is 2.50. The zero-order valence-corrected chi connectivity index (χ0v) is 17.3. The molecule has 2 aliphatic heterocycles. The average molecular weight is 405 g/mol. The average Bonchev–Trinajstić information content (AvgIpc) is 2.67. The van der Waals surface area contributed by atoms with E-state index in [0.717, 1.165) is 7.11 Å². The Balaban J connectivity index is 2.23. The number of hydrogen-bond acceptors (Lipinski definition) is 9. The van der Waals surface area contributed by atoms with Crippen molar-refractivity contribution < 1.29 is 42.7 Å². The van der Waals surface area contributed by atoms with E-state index in [0.29, 0.717) is 13.0 Å². The van der Waals surface area contributed by atoms with E-state index >= 15 is 0 Å². The second-order valence-corrected chi connectivity index (χ2v) is 7.42. The summed E-state index contributed by atoms with van der Waals surface area (Å²) in [6.07, 6.45) is -2.33. The number of hydrogen-bond donors (Lipinski definition) is 1. The van der Waals surface area contributed by atoms with E-state index in [1.807, 2.05) is 13.8 Å². The van der Waals surface area contributed by atoms with Crippen molar-refractivity contribution in [1.29, 1.82) is 0 Å².